The van der Waals surface area contributed by atoms with E-state index in [-0.39, 0.29) is 119 Å². The van der Waals surface area contributed by atoms with Gasteiger partial charge in [0.15, 0.2) is 34.7 Å². The molecule has 0 aliphatic carbocycles. The van der Waals surface area contributed by atoms with Crippen LogP contribution >= 0.6 is 0 Å². The fraction of sp³-hybridized carbons (Fsp3) is 0. The second-order valence-corrected chi connectivity index (χ2v) is 29.4. The van der Waals surface area contributed by atoms with Crippen LogP contribution in [-0.4, -0.2) is 179 Å². The van der Waals surface area contributed by atoms with E-state index in [2.05, 4.69) is 219 Å². The smallest absolute Gasteiger partial charge is 0.357 e. The maximum atomic E-state index is 4.66. The number of aromatic nitrogens is 44. The Hall–Kier alpha value is -18.0. The van der Waals surface area contributed by atoms with Crippen molar-refractivity contribution in [1.29, 1.82) is 0 Å². The molecule has 0 saturated heterocycles. The average molecular weight is 2550 g/mol. The van der Waals surface area contributed by atoms with Crippen LogP contribution in [0.1, 0.15) is 0 Å². The molecule has 28 rings (SSSR count). The zero-order valence-electron chi connectivity index (χ0n) is 70.3. The molecule has 0 amide bonds. The Kier molecular flexibility index (Phi) is 24.1. The second-order valence-electron chi connectivity index (χ2n) is 29.4. The molecule has 4 aromatic carbocycles. The van der Waals surface area contributed by atoms with Crippen molar-refractivity contribution in [2.75, 3.05) is 0 Å². The predicted octanol–water partition coefficient (Wildman–Crippen LogP) is 11.0. The summed E-state index contributed by atoms with van der Waals surface area (Å²) < 4.78 is 0. The van der Waals surface area contributed by atoms with Crippen molar-refractivity contribution >= 4 is 268 Å². The zero-order valence-corrected chi connectivity index (χ0v) is 79.4. The molecule has 0 atom stereocenters. The van der Waals surface area contributed by atoms with Crippen molar-refractivity contribution < 1.29 is 84.3 Å². The summed E-state index contributed by atoms with van der Waals surface area (Å²) in [5, 5.41) is 8.06. The van der Waals surface area contributed by atoms with E-state index >= 15 is 0 Å². The maximum Gasteiger partial charge on any atom is 2.00 e. The Labute approximate surface area is 833 Å². The molecule has 0 radical (unpaired) electrons. The molecule has 24 heterocycles. The van der Waals surface area contributed by atoms with Crippen molar-refractivity contribution in [2.45, 2.75) is 0 Å². The first kappa shape index (κ1) is 88.6. The molecule has 44 nitrogen and oxygen atoms in total. The minimum absolute atomic E-state index is 0. The summed E-state index contributed by atoms with van der Waals surface area (Å²) in [5.41, 5.74) is 14.4. The minimum Gasteiger partial charge on any atom is -0.357 e. The average Bonchev–Trinajstić information content (AvgIpc) is 1.65. The summed E-state index contributed by atoms with van der Waals surface area (Å²) in [6.07, 6.45) is 15.6. The first-order valence-electron chi connectivity index (χ1n) is 41.2. The number of nitrogens with zero attached hydrogens (tertiary/aromatic N) is 44. The molecular formula is C92H44N44Pt4. The topological polar surface area (TPSA) is 577 Å². The van der Waals surface area contributed by atoms with Crippen molar-refractivity contribution in [3.8, 4) is 0 Å². The van der Waals surface area contributed by atoms with Gasteiger partial charge in [0.2, 0.25) is 0 Å². The van der Waals surface area contributed by atoms with Crippen LogP contribution in [0.2, 0.25) is 0 Å². The van der Waals surface area contributed by atoms with Gasteiger partial charge >= 0.3 is 84.3 Å². The normalized spacial score (nSPS) is 11.2. The van der Waals surface area contributed by atoms with E-state index in [9.17, 15) is 0 Å². The standard InChI is InChI=1S/2C24H12N10.2C22H10N12.4Pt/c1-7-15-27-17(9-1)31-23-19-14(6-4-11-25-19)22(34-23)30-16-8-2-10-18(28-16)32-24-20-13(5-3-12-26-20)21(29-15)33-24;1-3-7-15-13(5-1)19-27-17-9-11-26-24(29-17)34-22-16-8-4-2-6-14(16)20(32-22)28-18-10-12-25-23(30-18)33-21(15)31-19;1-3-11-27-12(4-1)30-20-16-18(26-10-8-24-16)22(34-20)32-14-6-2-5-13(28-14)31-21-17-15(19(29-11)33-21)23-7-9-25-17;1-2-6-12-11(5-1)15-27-16(12)30-20-24-10-26-22(34-20)32-18-14-8-4-3-7-13(14)17(28-18)31-21-25-9-23-19(29-15)33-21;;;;/h2*1-12H;2*1-10H;;;;/q4*-2;4*+2. The van der Waals surface area contributed by atoms with Crippen LogP contribution in [0, 0.1) is 0 Å². The molecule has 0 aliphatic rings. The predicted molar refractivity (Wildman–Crippen MR) is 499 cm³/mol. The Morgan fingerprint density at radius 3 is 0.579 bits per heavy atom. The SMILES string of the molecule is [Pt+2].[Pt+2].[Pt+2].[Pt+2].c1cc2nc(c1)nc1[n-]c(nc3cccc(n3)nc3[n-]c(n2)c2cccnc32)c2cccnc12.c1cc2nc(c1)nc1[n-]c(nc3cccc(n3)nc3[n-]c(n2)c2nccnc32)c2nccnc12.c1ccc2c3nc4nccc(n4)nc4[n-]c(nc5nccc(n5)nc([n-]3)c2c1)c1ccccc41.c1ccc2c3nc4ncnc(n4)nc4[n-]c(nc5ncnc(n5)nc([n-]3)c2c1)c1ccccc41. The van der Waals surface area contributed by atoms with Crippen LogP contribution < -0.4 is 39.9 Å². The van der Waals surface area contributed by atoms with Gasteiger partial charge in [-0.25, -0.2) is 69.8 Å². The third-order valence-corrected chi connectivity index (χ3v) is 20.8. The summed E-state index contributed by atoms with van der Waals surface area (Å²) in [6.45, 7) is 0. The van der Waals surface area contributed by atoms with Gasteiger partial charge in [-0.2, -0.15) is 0 Å². The van der Waals surface area contributed by atoms with E-state index in [0.29, 0.717) is 180 Å². The van der Waals surface area contributed by atoms with Crippen LogP contribution in [0.15, 0.2) is 268 Å². The molecule has 32 bridgehead atoms. The molecule has 0 spiro atoms. The fourth-order valence-corrected chi connectivity index (χ4v) is 14.9. The van der Waals surface area contributed by atoms with Gasteiger partial charge in [0.25, 0.3) is 0 Å². The van der Waals surface area contributed by atoms with Crippen LogP contribution in [0.25, 0.3) is 268 Å². The van der Waals surface area contributed by atoms with Crippen LogP contribution in [0.4, 0.5) is 0 Å². The third kappa shape index (κ3) is 17.7. The summed E-state index contributed by atoms with van der Waals surface area (Å²) in [7, 11) is 0. The largest absolute Gasteiger partial charge is 2.00 e. The molecule has 0 aliphatic heterocycles. The summed E-state index contributed by atoms with van der Waals surface area (Å²) in [5.74, 6) is 1.15. The Bertz CT molecular complexity index is 8050. The zero-order chi connectivity index (χ0) is 89.9. The van der Waals surface area contributed by atoms with E-state index in [1.807, 2.05) is 133 Å². The molecule has 0 saturated carbocycles. The Balaban J connectivity index is 0.000000110. The van der Waals surface area contributed by atoms with Gasteiger partial charge in [0.1, 0.15) is 34.7 Å². The van der Waals surface area contributed by atoms with E-state index < -0.39 is 0 Å². The van der Waals surface area contributed by atoms with Gasteiger partial charge in [-0.3, -0.25) is 29.9 Å². The van der Waals surface area contributed by atoms with E-state index in [4.69, 9.17) is 0 Å². The molecule has 0 fully saturated rings. The summed E-state index contributed by atoms with van der Waals surface area (Å²) in [4.78, 5) is 198. The first-order valence-corrected chi connectivity index (χ1v) is 41.2. The second kappa shape index (κ2) is 38.0. The van der Waals surface area contributed by atoms with Crippen LogP contribution in [-0.2, 0) is 84.3 Å². The number of benzene rings is 4. The molecule has 672 valence electrons. The number of hydrogen-bond donors (Lipinski definition) is 0. The van der Waals surface area contributed by atoms with Crippen molar-refractivity contribution in [1.82, 2.24) is 219 Å². The molecule has 48 heteroatoms. The van der Waals surface area contributed by atoms with Crippen molar-refractivity contribution in [3.63, 3.8) is 0 Å². The third-order valence-electron chi connectivity index (χ3n) is 20.8. The molecule has 24 aromatic heterocycles. The molecule has 28 aromatic rings. The van der Waals surface area contributed by atoms with Gasteiger partial charge in [-0.1, -0.05) is 133 Å². The Morgan fingerprint density at radius 2 is 0.314 bits per heavy atom. The number of rotatable bonds is 0. The minimum atomic E-state index is 0. The Morgan fingerprint density at radius 1 is 0.121 bits per heavy atom. The summed E-state index contributed by atoms with van der Waals surface area (Å²) in [6, 6.07) is 62.9. The van der Waals surface area contributed by atoms with Crippen molar-refractivity contribution in [3.05, 3.63) is 268 Å². The number of pyridine rings is 6. The van der Waals surface area contributed by atoms with Gasteiger partial charge in [0, 0.05) is 151 Å². The molecular weight excluding hydrogens is 2500 g/mol. The first-order chi connectivity index (χ1) is 67.2. The van der Waals surface area contributed by atoms with Crippen molar-refractivity contribution in [2.24, 2.45) is 0 Å². The molecule has 0 N–H and O–H groups in total. The van der Waals surface area contributed by atoms with E-state index in [1.54, 1.807) is 122 Å². The van der Waals surface area contributed by atoms with Gasteiger partial charge in [-0.15, -0.1) is 0 Å². The van der Waals surface area contributed by atoms with Gasteiger partial charge < -0.3 is 120 Å². The fourth-order valence-electron chi connectivity index (χ4n) is 14.9. The summed E-state index contributed by atoms with van der Waals surface area (Å²) >= 11 is 0. The number of hydrogen-bond acceptors (Lipinski definition) is 36. The molecule has 0 unspecified atom stereocenters. The monoisotopic (exact) mass is 2540 g/mol. The van der Waals surface area contributed by atoms with E-state index in [0.717, 1.165) is 53.9 Å². The maximum absolute atomic E-state index is 4.66. The quantitative estimate of drug-likeness (QED) is 0.136. The molecule has 140 heavy (non-hydrogen) atoms. The number of fused-ring (bicyclic) bond motifs is 56. The van der Waals surface area contributed by atoms with Crippen LogP contribution in [0.5, 0.6) is 0 Å². The van der Waals surface area contributed by atoms with Crippen LogP contribution in [0.3, 0.4) is 0 Å². The van der Waals surface area contributed by atoms with Gasteiger partial charge in [-0.05, 0) is 116 Å². The van der Waals surface area contributed by atoms with Gasteiger partial charge in [0.05, 0.1) is 67.5 Å². The van der Waals surface area contributed by atoms with E-state index in [1.165, 1.54) is 12.7 Å².